The van der Waals surface area contributed by atoms with Crippen molar-refractivity contribution in [2.75, 3.05) is 30.4 Å². The molecule has 0 aliphatic carbocycles. The van der Waals surface area contributed by atoms with Gasteiger partial charge in [-0.1, -0.05) is 13.8 Å². The second-order valence-electron chi connectivity index (χ2n) is 6.43. The number of anilines is 2. The molecule has 2 rings (SSSR count). The van der Waals surface area contributed by atoms with Gasteiger partial charge >= 0.3 is 0 Å². The van der Waals surface area contributed by atoms with E-state index in [9.17, 15) is 0 Å². The van der Waals surface area contributed by atoms with E-state index in [0.717, 1.165) is 24.7 Å². The monoisotopic (exact) mass is 278 g/mol. The molecule has 1 saturated heterocycles. The minimum Gasteiger partial charge on any atom is -0.373 e. The van der Waals surface area contributed by atoms with Crippen LogP contribution in [0.5, 0.6) is 0 Å². The topological polar surface area (TPSA) is 50.3 Å². The third kappa shape index (κ3) is 3.03. The van der Waals surface area contributed by atoms with Gasteiger partial charge in [0.05, 0.1) is 11.7 Å². The Hall–Kier alpha value is -1.36. The van der Waals surface area contributed by atoms with Gasteiger partial charge < -0.3 is 15.0 Å². The second-order valence-corrected chi connectivity index (χ2v) is 6.43. The first-order chi connectivity index (χ1) is 9.34. The molecule has 0 saturated carbocycles. The van der Waals surface area contributed by atoms with E-state index < -0.39 is 0 Å². The molecule has 0 aromatic carbocycles. The van der Waals surface area contributed by atoms with Crippen LogP contribution in [0.2, 0.25) is 0 Å². The molecule has 5 nitrogen and oxygen atoms in total. The molecule has 1 aromatic heterocycles. The molecule has 1 aliphatic heterocycles. The number of morpholine rings is 1. The lowest BCUT2D eigenvalue weighted by Gasteiger charge is -2.43. The van der Waals surface area contributed by atoms with E-state index in [-0.39, 0.29) is 11.7 Å². The van der Waals surface area contributed by atoms with Crippen molar-refractivity contribution in [1.82, 2.24) is 9.97 Å². The van der Waals surface area contributed by atoms with Crippen LogP contribution in [-0.4, -0.2) is 41.8 Å². The predicted molar refractivity (Wildman–Crippen MR) is 82.5 cm³/mol. The molecule has 1 unspecified atom stereocenters. The van der Waals surface area contributed by atoms with Gasteiger partial charge in [0, 0.05) is 25.7 Å². The Labute approximate surface area is 121 Å². The van der Waals surface area contributed by atoms with Crippen LogP contribution < -0.4 is 10.2 Å². The number of hydrogen-bond donors (Lipinski definition) is 1. The van der Waals surface area contributed by atoms with Crippen LogP contribution in [0.3, 0.4) is 0 Å². The zero-order valence-corrected chi connectivity index (χ0v) is 13.4. The molecule has 20 heavy (non-hydrogen) atoms. The Morgan fingerprint density at radius 1 is 1.40 bits per heavy atom. The van der Waals surface area contributed by atoms with Crippen molar-refractivity contribution in [3.8, 4) is 0 Å². The Balaban J connectivity index is 2.41. The zero-order valence-electron chi connectivity index (χ0n) is 13.4. The summed E-state index contributed by atoms with van der Waals surface area (Å²) >= 11 is 0. The number of nitrogens with zero attached hydrogens (tertiary/aromatic N) is 3. The van der Waals surface area contributed by atoms with Gasteiger partial charge in [0.2, 0.25) is 0 Å². The summed E-state index contributed by atoms with van der Waals surface area (Å²) in [6.07, 6.45) is 1.84. The molecule has 0 amide bonds. The van der Waals surface area contributed by atoms with Gasteiger partial charge in [-0.05, 0) is 26.7 Å². The number of rotatable bonds is 3. The van der Waals surface area contributed by atoms with Gasteiger partial charge in [0.1, 0.15) is 18.0 Å². The molecule has 112 valence electrons. The van der Waals surface area contributed by atoms with Gasteiger partial charge in [-0.2, -0.15) is 0 Å². The Morgan fingerprint density at radius 3 is 2.65 bits per heavy atom. The third-order valence-electron chi connectivity index (χ3n) is 3.55. The summed E-state index contributed by atoms with van der Waals surface area (Å²) in [5.74, 6) is 2.32. The highest BCUT2D eigenvalue weighted by atomic mass is 16.5. The van der Waals surface area contributed by atoms with Crippen molar-refractivity contribution < 1.29 is 4.74 Å². The first-order valence-electron chi connectivity index (χ1n) is 7.29. The van der Waals surface area contributed by atoms with Gasteiger partial charge in [0.25, 0.3) is 0 Å². The summed E-state index contributed by atoms with van der Waals surface area (Å²) in [6.45, 7) is 12.4. The molecule has 2 heterocycles. The van der Waals surface area contributed by atoms with Gasteiger partial charge in [0.15, 0.2) is 0 Å². The minimum absolute atomic E-state index is 0.156. The molecule has 0 spiro atoms. The maximum absolute atomic E-state index is 5.98. The highest BCUT2D eigenvalue weighted by Crippen LogP contribution is 2.33. The smallest absolute Gasteiger partial charge is 0.137 e. The van der Waals surface area contributed by atoms with Crippen LogP contribution in [0.4, 0.5) is 11.6 Å². The van der Waals surface area contributed by atoms with Crippen LogP contribution in [0, 0.1) is 0 Å². The highest BCUT2D eigenvalue weighted by Gasteiger charge is 2.33. The Kier molecular flexibility index (Phi) is 4.18. The first-order valence-corrected chi connectivity index (χ1v) is 7.29. The van der Waals surface area contributed by atoms with Gasteiger partial charge in [-0.3, -0.25) is 0 Å². The highest BCUT2D eigenvalue weighted by molar-refractivity contribution is 5.60. The molecule has 0 bridgehead atoms. The zero-order chi connectivity index (χ0) is 14.9. The van der Waals surface area contributed by atoms with E-state index in [1.165, 1.54) is 5.56 Å². The van der Waals surface area contributed by atoms with Crippen molar-refractivity contribution in [3.63, 3.8) is 0 Å². The average molecular weight is 278 g/mol. The summed E-state index contributed by atoms with van der Waals surface area (Å²) in [7, 11) is 1.91. The average Bonchev–Trinajstić information content (AvgIpc) is 2.35. The summed E-state index contributed by atoms with van der Waals surface area (Å²) < 4.78 is 5.98. The van der Waals surface area contributed by atoms with Gasteiger partial charge in [-0.25, -0.2) is 9.97 Å². The summed E-state index contributed by atoms with van der Waals surface area (Å²) in [5, 5.41) is 3.18. The van der Waals surface area contributed by atoms with E-state index >= 15 is 0 Å². The minimum atomic E-state index is -0.156. The lowest BCUT2D eigenvalue weighted by Crippen LogP contribution is -2.52. The third-order valence-corrected chi connectivity index (χ3v) is 3.55. The standard InChI is InChI=1S/C15H26N4O/c1-10(2)12-13(16-6)17-9-18-14(12)19-7-11(3)20-15(4,5)8-19/h9-11H,7-8H2,1-6H3,(H,16,17,18). The van der Waals surface area contributed by atoms with E-state index in [1.807, 2.05) is 7.05 Å². The molecule has 1 aromatic rings. The normalized spacial score (nSPS) is 22.1. The largest absolute Gasteiger partial charge is 0.373 e. The molecule has 0 radical (unpaired) electrons. The molecule has 5 heteroatoms. The van der Waals surface area contributed by atoms with Crippen molar-refractivity contribution in [3.05, 3.63) is 11.9 Å². The number of aromatic nitrogens is 2. The SMILES string of the molecule is CNc1ncnc(N2CC(C)OC(C)(C)C2)c1C(C)C. The van der Waals surface area contributed by atoms with Crippen LogP contribution >= 0.6 is 0 Å². The molecule has 1 aliphatic rings. The number of ether oxygens (including phenoxy) is 1. The fourth-order valence-corrected chi connectivity index (χ4v) is 2.98. The summed E-state index contributed by atoms with van der Waals surface area (Å²) in [4.78, 5) is 11.2. The van der Waals surface area contributed by atoms with E-state index in [4.69, 9.17) is 4.74 Å². The van der Waals surface area contributed by atoms with Crippen LogP contribution in [0.15, 0.2) is 6.33 Å². The van der Waals surface area contributed by atoms with Crippen molar-refractivity contribution in [2.45, 2.75) is 52.2 Å². The van der Waals surface area contributed by atoms with Gasteiger partial charge in [-0.15, -0.1) is 0 Å². The van der Waals surface area contributed by atoms with E-state index in [2.05, 4.69) is 54.8 Å². The molecule has 1 fully saturated rings. The number of nitrogens with one attached hydrogen (secondary N) is 1. The van der Waals surface area contributed by atoms with Crippen molar-refractivity contribution in [2.24, 2.45) is 0 Å². The van der Waals surface area contributed by atoms with E-state index in [0.29, 0.717) is 5.92 Å². The first kappa shape index (κ1) is 15.0. The summed E-state index contributed by atoms with van der Waals surface area (Å²) in [6, 6.07) is 0. The van der Waals surface area contributed by atoms with Crippen LogP contribution in [-0.2, 0) is 4.74 Å². The molecular formula is C15H26N4O. The maximum atomic E-state index is 5.98. The Morgan fingerprint density at radius 2 is 2.10 bits per heavy atom. The number of hydrogen-bond acceptors (Lipinski definition) is 5. The van der Waals surface area contributed by atoms with E-state index in [1.54, 1.807) is 6.33 Å². The second kappa shape index (κ2) is 5.56. The van der Waals surface area contributed by atoms with Crippen LogP contribution in [0.1, 0.15) is 46.1 Å². The van der Waals surface area contributed by atoms with Crippen molar-refractivity contribution in [1.29, 1.82) is 0 Å². The van der Waals surface area contributed by atoms with Crippen LogP contribution in [0.25, 0.3) is 0 Å². The molecule has 1 N–H and O–H groups in total. The van der Waals surface area contributed by atoms with Crippen molar-refractivity contribution >= 4 is 11.6 Å². The fourth-order valence-electron chi connectivity index (χ4n) is 2.98. The quantitative estimate of drug-likeness (QED) is 0.921. The molecular weight excluding hydrogens is 252 g/mol. The summed E-state index contributed by atoms with van der Waals surface area (Å²) in [5.41, 5.74) is 1.02. The lowest BCUT2D eigenvalue weighted by atomic mass is 10.0. The maximum Gasteiger partial charge on any atom is 0.137 e. The Bertz CT molecular complexity index is 473. The predicted octanol–water partition coefficient (Wildman–Crippen LogP) is 2.65. The molecule has 1 atom stereocenters. The fraction of sp³-hybridized carbons (Fsp3) is 0.733. The lowest BCUT2D eigenvalue weighted by molar-refractivity contribution is -0.0752.